The molecule has 0 aliphatic rings. The van der Waals surface area contributed by atoms with Crippen LogP contribution in [0.2, 0.25) is 0 Å². The number of nitrogens with two attached hydrogens (primary N) is 1. The zero-order chi connectivity index (χ0) is 21.9. The lowest BCUT2D eigenvalue weighted by Crippen LogP contribution is -2.20. The van der Waals surface area contributed by atoms with Gasteiger partial charge in [0.1, 0.15) is 12.4 Å². The Labute approximate surface area is 182 Å². The van der Waals surface area contributed by atoms with Gasteiger partial charge < -0.3 is 19.9 Å². The van der Waals surface area contributed by atoms with Crippen molar-refractivity contribution in [1.29, 1.82) is 0 Å². The van der Waals surface area contributed by atoms with Crippen molar-refractivity contribution < 1.29 is 23.8 Å². The van der Waals surface area contributed by atoms with Crippen LogP contribution < -0.4 is 25.4 Å². The van der Waals surface area contributed by atoms with Gasteiger partial charge in [0.15, 0.2) is 18.1 Å². The van der Waals surface area contributed by atoms with E-state index < -0.39 is 11.8 Å². The van der Waals surface area contributed by atoms with E-state index in [-0.39, 0.29) is 6.61 Å². The number of nitrogens with one attached hydrogen (secondary N) is 1. The zero-order valence-electron chi connectivity index (χ0n) is 16.4. The topological polar surface area (TPSA) is 112 Å². The number of hydrogen-bond acceptors (Lipinski definition) is 6. The summed E-state index contributed by atoms with van der Waals surface area (Å²) in [5, 5.41) is 3.96. The number of ether oxygens (including phenoxy) is 3. The number of amides is 2. The van der Waals surface area contributed by atoms with Gasteiger partial charge in [-0.3, -0.25) is 9.59 Å². The van der Waals surface area contributed by atoms with Crippen LogP contribution >= 0.6 is 15.9 Å². The number of halogens is 1. The molecule has 9 heteroatoms. The molecule has 158 valence electrons. The predicted octanol–water partition coefficient (Wildman–Crippen LogP) is 3.04. The molecule has 2 aromatic carbocycles. The fourth-order valence-electron chi connectivity index (χ4n) is 2.28. The first-order valence-electron chi connectivity index (χ1n) is 8.99. The number of carbonyl (C=O) groups excluding carboxylic acids is 2. The number of nitrogens with zero attached hydrogens (tertiary/aromatic N) is 1. The van der Waals surface area contributed by atoms with Gasteiger partial charge in [0.2, 0.25) is 0 Å². The molecule has 2 rings (SSSR count). The Morgan fingerprint density at radius 1 is 1.13 bits per heavy atom. The van der Waals surface area contributed by atoms with Gasteiger partial charge in [-0.2, -0.15) is 5.10 Å². The molecule has 0 saturated carbocycles. The molecule has 0 bridgehead atoms. The maximum atomic E-state index is 12.4. The van der Waals surface area contributed by atoms with E-state index in [4.69, 9.17) is 19.9 Å². The molecule has 0 saturated heterocycles. The third-order valence-electron chi connectivity index (χ3n) is 3.57. The second-order valence-electron chi connectivity index (χ2n) is 5.84. The van der Waals surface area contributed by atoms with Crippen molar-refractivity contribution in [2.45, 2.75) is 6.92 Å². The van der Waals surface area contributed by atoms with Crippen molar-refractivity contribution in [3.05, 3.63) is 64.7 Å². The van der Waals surface area contributed by atoms with Gasteiger partial charge in [0.25, 0.3) is 11.8 Å². The van der Waals surface area contributed by atoms with Gasteiger partial charge in [-0.25, -0.2) is 5.43 Å². The van der Waals surface area contributed by atoms with E-state index in [9.17, 15) is 9.59 Å². The summed E-state index contributed by atoms with van der Waals surface area (Å²) in [5.74, 6) is 0.495. The molecule has 2 aromatic rings. The van der Waals surface area contributed by atoms with Gasteiger partial charge in [-0.05, 0) is 64.8 Å². The van der Waals surface area contributed by atoms with Crippen LogP contribution in [0.1, 0.15) is 22.8 Å². The lowest BCUT2D eigenvalue weighted by molar-refractivity contribution is -0.119. The summed E-state index contributed by atoms with van der Waals surface area (Å²) in [6, 6.07) is 9.98. The van der Waals surface area contributed by atoms with Crippen LogP contribution in [-0.4, -0.2) is 37.8 Å². The van der Waals surface area contributed by atoms with Crippen LogP contribution in [0.4, 0.5) is 0 Å². The highest BCUT2D eigenvalue weighted by Crippen LogP contribution is 2.28. The second-order valence-corrected chi connectivity index (χ2v) is 6.69. The van der Waals surface area contributed by atoms with Gasteiger partial charge >= 0.3 is 0 Å². The highest BCUT2D eigenvalue weighted by molar-refractivity contribution is 9.10. The van der Waals surface area contributed by atoms with Crippen molar-refractivity contribution in [3.63, 3.8) is 0 Å². The maximum absolute atomic E-state index is 12.4. The van der Waals surface area contributed by atoms with Crippen molar-refractivity contribution in [1.82, 2.24) is 5.43 Å². The third kappa shape index (κ3) is 6.93. The lowest BCUT2D eigenvalue weighted by atomic mass is 10.2. The van der Waals surface area contributed by atoms with Crippen LogP contribution in [0.25, 0.3) is 0 Å². The average Bonchev–Trinajstić information content (AvgIpc) is 2.72. The Bertz CT molecular complexity index is 946. The summed E-state index contributed by atoms with van der Waals surface area (Å²) in [4.78, 5) is 23.2. The molecular formula is C21H22BrN3O5. The standard InChI is InChI=1S/C21H22BrN3O5/c1-3-9-29-18-8-6-15(11-19(18)28-4-2)21(27)25-24-12-14-5-7-17(16(22)10-14)30-13-20(23)26/h3,5-8,10-12H,1,4,9,13H2,2H3,(H2,23,26)(H,25,27)/b24-12+. The summed E-state index contributed by atoms with van der Waals surface area (Å²) in [6.45, 7) is 6.00. The number of benzene rings is 2. The summed E-state index contributed by atoms with van der Waals surface area (Å²) < 4.78 is 16.9. The number of rotatable bonds is 11. The molecule has 0 fully saturated rings. The highest BCUT2D eigenvalue weighted by Gasteiger charge is 2.11. The van der Waals surface area contributed by atoms with Crippen molar-refractivity contribution in [2.24, 2.45) is 10.8 Å². The number of primary amides is 1. The normalized spacial score (nSPS) is 10.5. The first-order chi connectivity index (χ1) is 14.4. The first kappa shape index (κ1) is 23.0. The van der Waals surface area contributed by atoms with Crippen LogP contribution in [0.3, 0.4) is 0 Å². The Hall–Kier alpha value is -3.33. The molecule has 0 spiro atoms. The number of hydrogen-bond donors (Lipinski definition) is 2. The molecule has 3 N–H and O–H groups in total. The quantitative estimate of drug-likeness (QED) is 0.294. The minimum atomic E-state index is -0.567. The van der Waals surface area contributed by atoms with Gasteiger partial charge in [-0.1, -0.05) is 12.7 Å². The fourth-order valence-corrected chi connectivity index (χ4v) is 2.79. The van der Waals surface area contributed by atoms with Crippen LogP contribution in [0.15, 0.2) is 58.6 Å². The Morgan fingerprint density at radius 2 is 1.90 bits per heavy atom. The minimum absolute atomic E-state index is 0.219. The smallest absolute Gasteiger partial charge is 0.271 e. The monoisotopic (exact) mass is 475 g/mol. The van der Waals surface area contributed by atoms with Gasteiger partial charge in [-0.15, -0.1) is 0 Å². The van der Waals surface area contributed by atoms with E-state index in [1.807, 2.05) is 6.92 Å². The maximum Gasteiger partial charge on any atom is 0.271 e. The van der Waals surface area contributed by atoms with E-state index in [1.54, 1.807) is 42.5 Å². The van der Waals surface area contributed by atoms with Crippen molar-refractivity contribution in [2.75, 3.05) is 19.8 Å². The third-order valence-corrected chi connectivity index (χ3v) is 4.19. The largest absolute Gasteiger partial charge is 0.490 e. The Balaban J connectivity index is 2.03. The first-order valence-corrected chi connectivity index (χ1v) is 9.78. The van der Waals surface area contributed by atoms with E-state index in [1.165, 1.54) is 6.21 Å². The van der Waals surface area contributed by atoms with E-state index in [0.29, 0.717) is 46.1 Å². The average molecular weight is 476 g/mol. The molecule has 0 radical (unpaired) electrons. The zero-order valence-corrected chi connectivity index (χ0v) is 18.0. The molecule has 0 heterocycles. The molecule has 0 aliphatic heterocycles. The van der Waals surface area contributed by atoms with Crippen LogP contribution in [-0.2, 0) is 4.79 Å². The molecule has 30 heavy (non-hydrogen) atoms. The summed E-state index contributed by atoms with van der Waals surface area (Å²) in [7, 11) is 0. The van der Waals surface area contributed by atoms with Crippen molar-refractivity contribution >= 4 is 34.0 Å². The molecule has 0 aromatic heterocycles. The molecule has 8 nitrogen and oxygen atoms in total. The van der Waals surface area contributed by atoms with Gasteiger partial charge in [0.05, 0.1) is 17.3 Å². The van der Waals surface area contributed by atoms with E-state index in [2.05, 4.69) is 33.0 Å². The van der Waals surface area contributed by atoms with Gasteiger partial charge in [0, 0.05) is 5.56 Å². The Kier molecular flexibility index (Phi) is 8.89. The lowest BCUT2D eigenvalue weighted by Gasteiger charge is -2.12. The number of hydrazone groups is 1. The summed E-state index contributed by atoms with van der Waals surface area (Å²) >= 11 is 3.34. The molecule has 0 atom stereocenters. The fraction of sp³-hybridized carbons (Fsp3) is 0.190. The SMILES string of the molecule is C=CCOc1ccc(C(=O)N/N=C/c2ccc(OCC(N)=O)c(Br)c2)cc1OCC. The molecule has 0 aliphatic carbocycles. The summed E-state index contributed by atoms with van der Waals surface area (Å²) in [6.07, 6.45) is 3.10. The summed E-state index contributed by atoms with van der Waals surface area (Å²) in [5.41, 5.74) is 8.60. The number of carbonyl (C=O) groups is 2. The van der Waals surface area contributed by atoms with Crippen molar-refractivity contribution in [3.8, 4) is 17.2 Å². The van der Waals surface area contributed by atoms with E-state index in [0.717, 1.165) is 0 Å². The minimum Gasteiger partial charge on any atom is -0.490 e. The predicted molar refractivity (Wildman–Crippen MR) is 117 cm³/mol. The molecule has 0 unspecified atom stereocenters. The highest BCUT2D eigenvalue weighted by atomic mass is 79.9. The molecular weight excluding hydrogens is 454 g/mol. The molecule has 2 amide bonds. The van der Waals surface area contributed by atoms with E-state index >= 15 is 0 Å². The second kappa shape index (κ2) is 11.6. The van der Waals surface area contributed by atoms with Crippen LogP contribution in [0.5, 0.6) is 17.2 Å². The Morgan fingerprint density at radius 3 is 2.57 bits per heavy atom. The van der Waals surface area contributed by atoms with Crippen LogP contribution in [0, 0.1) is 0 Å².